The van der Waals surface area contributed by atoms with Gasteiger partial charge in [-0.3, -0.25) is 14.4 Å². The highest BCUT2D eigenvalue weighted by Gasteiger charge is 2.58. The molecule has 5 N–H and O–H groups in total. The molecule has 1 aromatic rings. The van der Waals surface area contributed by atoms with Gasteiger partial charge in [-0.15, -0.1) is 0 Å². The van der Waals surface area contributed by atoms with Crippen LogP contribution in [0.1, 0.15) is 65.9 Å². The van der Waals surface area contributed by atoms with Crippen LogP contribution < -0.4 is 16.4 Å². The average Bonchev–Trinajstić information content (AvgIpc) is 3.78. The molecule has 3 heterocycles. The third kappa shape index (κ3) is 10.5. The standard InChI is InChI=1S/C35H48FN3O8/c1-20(6-11-30-21(2)14-29(23(4)46-30)39-32(41)13-8-22(3)45-24(5)40)7-12-31-34(43)35(19-44-35)17-27(47-31)16-33(42)38-18-25-15-26(37)9-10-28(25)36/h6-10,12-13,15,21-23,27,29-31,34,43H,11,14,16-19,37H2,1-5H3,(H,38,42)(H,39,41)/b12-7+,13-8-,20-6+/t21-,22-,23+,27+,29+,30-,31+,34+,35+/m0/s1. The maximum absolute atomic E-state index is 14.0. The fraction of sp³-hybridized carbons (Fsp3) is 0.571. The highest BCUT2D eigenvalue weighted by atomic mass is 19.1. The van der Waals surface area contributed by atoms with E-state index in [4.69, 9.17) is 24.7 Å². The first-order valence-electron chi connectivity index (χ1n) is 16.2. The van der Waals surface area contributed by atoms with Crippen LogP contribution >= 0.6 is 0 Å². The van der Waals surface area contributed by atoms with Crippen molar-refractivity contribution in [2.45, 2.75) is 115 Å². The van der Waals surface area contributed by atoms with E-state index >= 15 is 0 Å². The second kappa shape index (κ2) is 16.0. The number of rotatable bonds is 12. The third-order valence-electron chi connectivity index (χ3n) is 8.88. The number of esters is 1. The van der Waals surface area contributed by atoms with Crippen molar-refractivity contribution in [1.82, 2.24) is 10.6 Å². The van der Waals surface area contributed by atoms with E-state index in [1.165, 1.54) is 37.3 Å². The van der Waals surface area contributed by atoms with Gasteiger partial charge < -0.3 is 40.4 Å². The monoisotopic (exact) mass is 657 g/mol. The molecule has 0 aromatic heterocycles. The van der Waals surface area contributed by atoms with E-state index in [0.29, 0.717) is 30.7 Å². The quantitative estimate of drug-likeness (QED) is 0.0868. The number of halogens is 1. The summed E-state index contributed by atoms with van der Waals surface area (Å²) in [6.07, 6.45) is 7.77. The Kier molecular flexibility index (Phi) is 12.4. The first-order chi connectivity index (χ1) is 22.2. The van der Waals surface area contributed by atoms with Gasteiger partial charge in [0.2, 0.25) is 11.8 Å². The van der Waals surface area contributed by atoms with E-state index in [-0.39, 0.29) is 48.9 Å². The first-order valence-corrected chi connectivity index (χ1v) is 16.2. The Morgan fingerprint density at radius 2 is 1.96 bits per heavy atom. The van der Waals surface area contributed by atoms with Crippen LogP contribution in [0.5, 0.6) is 0 Å². The van der Waals surface area contributed by atoms with Crippen LogP contribution in [0.2, 0.25) is 0 Å². The largest absolute Gasteiger partial charge is 0.459 e. The molecular formula is C35H48FN3O8. The minimum Gasteiger partial charge on any atom is -0.459 e. The van der Waals surface area contributed by atoms with Crippen molar-refractivity contribution in [1.29, 1.82) is 0 Å². The number of hydrogen-bond donors (Lipinski definition) is 4. The molecule has 1 aromatic carbocycles. The van der Waals surface area contributed by atoms with Crippen LogP contribution in [-0.4, -0.2) is 77.8 Å². The van der Waals surface area contributed by atoms with E-state index in [2.05, 4.69) is 23.6 Å². The summed E-state index contributed by atoms with van der Waals surface area (Å²) >= 11 is 0. The van der Waals surface area contributed by atoms with Gasteiger partial charge in [0, 0.05) is 37.2 Å². The number of aliphatic hydroxyl groups excluding tert-OH is 1. The molecule has 3 saturated heterocycles. The second-order valence-electron chi connectivity index (χ2n) is 13.0. The van der Waals surface area contributed by atoms with E-state index in [9.17, 15) is 23.9 Å². The predicted molar refractivity (Wildman–Crippen MR) is 173 cm³/mol. The van der Waals surface area contributed by atoms with Crippen molar-refractivity contribution >= 4 is 23.5 Å². The zero-order valence-electron chi connectivity index (χ0n) is 27.7. The van der Waals surface area contributed by atoms with Gasteiger partial charge in [0.05, 0.1) is 37.4 Å². The number of amides is 2. The molecule has 0 bridgehead atoms. The lowest BCUT2D eigenvalue weighted by atomic mass is 9.87. The molecule has 3 aliphatic heterocycles. The fourth-order valence-corrected chi connectivity index (χ4v) is 6.09. The second-order valence-corrected chi connectivity index (χ2v) is 13.0. The molecule has 3 aliphatic rings. The first kappa shape index (κ1) is 36.3. The van der Waals surface area contributed by atoms with E-state index in [0.717, 1.165) is 12.0 Å². The molecule has 2 amide bonds. The maximum atomic E-state index is 14.0. The molecule has 0 unspecified atom stereocenters. The number of ether oxygens (including phenoxy) is 4. The summed E-state index contributed by atoms with van der Waals surface area (Å²) in [6.45, 7) is 9.40. The average molecular weight is 658 g/mol. The number of nitrogen functional groups attached to an aromatic ring is 1. The van der Waals surface area contributed by atoms with Gasteiger partial charge in [0.1, 0.15) is 29.7 Å². The Morgan fingerprint density at radius 1 is 1.21 bits per heavy atom. The molecular weight excluding hydrogens is 609 g/mol. The number of carbonyl (C=O) groups is 3. The molecule has 258 valence electrons. The van der Waals surface area contributed by atoms with Crippen LogP contribution in [0.3, 0.4) is 0 Å². The number of aliphatic hydroxyl groups is 1. The lowest BCUT2D eigenvalue weighted by molar-refractivity contribution is -0.145. The zero-order valence-corrected chi connectivity index (χ0v) is 27.7. The molecule has 9 atom stereocenters. The number of benzene rings is 1. The highest BCUT2D eigenvalue weighted by molar-refractivity contribution is 5.87. The number of nitrogens with two attached hydrogens (primary N) is 1. The van der Waals surface area contributed by atoms with Crippen molar-refractivity contribution in [3.8, 4) is 0 Å². The molecule has 0 saturated carbocycles. The van der Waals surface area contributed by atoms with E-state index < -0.39 is 41.8 Å². The van der Waals surface area contributed by atoms with E-state index in [1.54, 1.807) is 13.0 Å². The van der Waals surface area contributed by atoms with Crippen molar-refractivity contribution < 1.29 is 42.8 Å². The minimum atomic E-state index is -0.873. The zero-order chi connectivity index (χ0) is 34.3. The summed E-state index contributed by atoms with van der Waals surface area (Å²) in [5.74, 6) is -1.23. The summed E-state index contributed by atoms with van der Waals surface area (Å²) in [7, 11) is 0. The number of carbonyl (C=O) groups excluding carboxylic acids is 3. The Balaban J connectivity index is 1.26. The highest BCUT2D eigenvalue weighted by Crippen LogP contribution is 2.43. The van der Waals surface area contributed by atoms with Crippen molar-refractivity contribution in [3.63, 3.8) is 0 Å². The molecule has 3 fully saturated rings. The summed E-state index contributed by atoms with van der Waals surface area (Å²) in [4.78, 5) is 36.2. The SMILES string of the molecule is CC(=O)O[C@@H](C)/C=C\C(=O)N[C@@H]1C[C@H](C)[C@H](C/C=C(C)/C=C/[C@H]2O[C@H](CC(=O)NCc3cc(N)ccc3F)C[C@@]3(CO3)[C@@H]2O)O[C@@H]1C. The molecule has 12 heteroatoms. The normalized spacial score (nSPS) is 31.6. The summed E-state index contributed by atoms with van der Waals surface area (Å²) in [5, 5.41) is 16.7. The number of nitrogens with one attached hydrogen (secondary N) is 2. The molecule has 0 radical (unpaired) electrons. The van der Waals surface area contributed by atoms with Gasteiger partial charge in [-0.05, 0) is 63.8 Å². The molecule has 1 spiro atoms. The Bertz CT molecular complexity index is 1380. The van der Waals surface area contributed by atoms with Gasteiger partial charge in [0.15, 0.2) is 0 Å². The molecule has 47 heavy (non-hydrogen) atoms. The summed E-state index contributed by atoms with van der Waals surface area (Å²) < 4.78 is 37.1. The number of anilines is 1. The van der Waals surface area contributed by atoms with Crippen molar-refractivity contribution in [3.05, 3.63) is 65.5 Å². The minimum absolute atomic E-state index is 0.00706. The molecule has 4 rings (SSSR count). The van der Waals surface area contributed by atoms with E-state index in [1.807, 2.05) is 19.9 Å². The van der Waals surface area contributed by atoms with Gasteiger partial charge in [-0.1, -0.05) is 30.7 Å². The van der Waals surface area contributed by atoms with Gasteiger partial charge >= 0.3 is 5.97 Å². The van der Waals surface area contributed by atoms with Crippen LogP contribution in [0, 0.1) is 11.7 Å². The lowest BCUT2D eigenvalue weighted by Crippen LogP contribution is -2.50. The molecule has 0 aliphatic carbocycles. The summed E-state index contributed by atoms with van der Waals surface area (Å²) in [5.41, 5.74) is 6.67. The topological polar surface area (TPSA) is 162 Å². The van der Waals surface area contributed by atoms with Crippen LogP contribution in [-0.2, 0) is 39.9 Å². The fourth-order valence-electron chi connectivity index (χ4n) is 6.09. The Labute approximate surface area is 275 Å². The van der Waals surface area contributed by atoms with Gasteiger partial charge in [-0.25, -0.2) is 4.39 Å². The van der Waals surface area contributed by atoms with Crippen LogP contribution in [0.15, 0.2) is 54.2 Å². The van der Waals surface area contributed by atoms with Crippen molar-refractivity contribution in [2.24, 2.45) is 5.92 Å². The Morgan fingerprint density at radius 3 is 2.66 bits per heavy atom. The third-order valence-corrected chi connectivity index (χ3v) is 8.88. The van der Waals surface area contributed by atoms with Crippen molar-refractivity contribution in [2.75, 3.05) is 12.3 Å². The lowest BCUT2D eigenvalue weighted by Gasteiger charge is -2.39. The summed E-state index contributed by atoms with van der Waals surface area (Å²) in [6, 6.07) is 4.07. The van der Waals surface area contributed by atoms with Gasteiger partial charge in [0.25, 0.3) is 0 Å². The van der Waals surface area contributed by atoms with Crippen LogP contribution in [0.25, 0.3) is 0 Å². The number of allylic oxidation sites excluding steroid dienone is 2. The number of hydrogen-bond acceptors (Lipinski definition) is 9. The van der Waals surface area contributed by atoms with Gasteiger partial charge in [-0.2, -0.15) is 0 Å². The maximum Gasteiger partial charge on any atom is 0.303 e. The van der Waals surface area contributed by atoms with Crippen LogP contribution in [0.4, 0.5) is 10.1 Å². The number of epoxide rings is 1. The smallest absolute Gasteiger partial charge is 0.303 e. The Hall–Kier alpha value is -3.58. The predicted octanol–water partition coefficient (Wildman–Crippen LogP) is 3.40. The molecule has 11 nitrogen and oxygen atoms in total.